The minimum atomic E-state index is -0.874. The number of carbonyl (C=O) groups is 2. The van der Waals surface area contributed by atoms with Crippen molar-refractivity contribution >= 4 is 40.1 Å². The van der Waals surface area contributed by atoms with E-state index in [0.717, 1.165) is 41.7 Å². The van der Waals surface area contributed by atoms with Crippen molar-refractivity contribution < 1.29 is 14.3 Å². The number of carbonyl (C=O) groups excluding carboxylic acids is 2. The number of nitrogens with zero attached hydrogens (tertiary/aromatic N) is 3. The van der Waals surface area contributed by atoms with Crippen LogP contribution < -0.4 is 10.6 Å². The van der Waals surface area contributed by atoms with Crippen molar-refractivity contribution in [2.24, 2.45) is 4.99 Å². The SMILES string of the molecule is COC[C@H](NC(=O)c1ccn(C(C)(C)C)c1)C(=O)Nc1nc(-c2cccc(C3=C/CCC/C=N/C=C\3)c2)cs1. The standard InChI is InChI=1S/C30H35N5O3S/c1-30(2,3)35-16-13-24(18-35)27(36)32-25(19-38-4)28(37)34-29-33-26(20-39-29)23-11-8-10-22(17-23)21-9-6-5-7-14-31-15-12-21/h8-18,20,25H,5-7,19H2,1-4H3,(H,32,36)(H,33,34,37)/b15-12-,21-9+,31-14+/t25-/m0/s1. The zero-order valence-electron chi connectivity index (χ0n) is 22.8. The normalized spacial score (nSPS) is 17.6. The van der Waals surface area contributed by atoms with Crippen LogP contribution in [0.4, 0.5) is 5.13 Å². The summed E-state index contributed by atoms with van der Waals surface area (Å²) in [5, 5.41) is 7.97. The van der Waals surface area contributed by atoms with E-state index in [1.54, 1.807) is 12.3 Å². The smallest absolute Gasteiger partial charge is 0.253 e. The number of hydrogen-bond acceptors (Lipinski definition) is 6. The Morgan fingerprint density at radius 3 is 2.77 bits per heavy atom. The molecule has 0 aliphatic carbocycles. The summed E-state index contributed by atoms with van der Waals surface area (Å²) in [6.07, 6.45) is 14.7. The fourth-order valence-electron chi connectivity index (χ4n) is 4.06. The number of allylic oxidation sites excluding steroid dienone is 3. The maximum atomic E-state index is 13.1. The molecule has 204 valence electrons. The van der Waals surface area contributed by atoms with Gasteiger partial charge in [0.15, 0.2) is 5.13 Å². The number of ether oxygens (including phenoxy) is 1. The highest BCUT2D eigenvalue weighted by Crippen LogP contribution is 2.28. The van der Waals surface area contributed by atoms with Crippen molar-refractivity contribution in [2.75, 3.05) is 19.0 Å². The lowest BCUT2D eigenvalue weighted by Crippen LogP contribution is -2.46. The Labute approximate surface area is 233 Å². The molecule has 8 nitrogen and oxygen atoms in total. The van der Waals surface area contributed by atoms with E-state index in [2.05, 4.69) is 59.6 Å². The fraction of sp³-hybridized carbons (Fsp3) is 0.333. The maximum absolute atomic E-state index is 13.1. The van der Waals surface area contributed by atoms with Gasteiger partial charge in [0.1, 0.15) is 6.04 Å². The second kappa shape index (κ2) is 12.8. The third-order valence-electron chi connectivity index (χ3n) is 6.26. The van der Waals surface area contributed by atoms with Gasteiger partial charge in [-0.1, -0.05) is 24.3 Å². The summed E-state index contributed by atoms with van der Waals surface area (Å²) >= 11 is 1.33. The maximum Gasteiger partial charge on any atom is 0.253 e. The Balaban J connectivity index is 1.44. The quantitative estimate of drug-likeness (QED) is 0.368. The molecule has 0 saturated carbocycles. The van der Waals surface area contributed by atoms with Crippen LogP contribution in [0.2, 0.25) is 0 Å². The highest BCUT2D eigenvalue weighted by atomic mass is 32.1. The van der Waals surface area contributed by atoms with Gasteiger partial charge in [-0.3, -0.25) is 14.6 Å². The zero-order chi connectivity index (χ0) is 27.8. The molecule has 0 fully saturated rings. The van der Waals surface area contributed by atoms with Gasteiger partial charge in [0, 0.05) is 48.4 Å². The Hall–Kier alpha value is -3.82. The summed E-state index contributed by atoms with van der Waals surface area (Å²) in [5.74, 6) is -0.734. The highest BCUT2D eigenvalue weighted by molar-refractivity contribution is 7.14. The predicted octanol–water partition coefficient (Wildman–Crippen LogP) is 5.90. The number of thiazole rings is 1. The van der Waals surface area contributed by atoms with E-state index in [-0.39, 0.29) is 18.1 Å². The first-order valence-corrected chi connectivity index (χ1v) is 13.9. The van der Waals surface area contributed by atoms with Crippen LogP contribution in [0.15, 0.2) is 71.4 Å². The summed E-state index contributed by atoms with van der Waals surface area (Å²) < 4.78 is 7.17. The Morgan fingerprint density at radius 1 is 1.18 bits per heavy atom. The van der Waals surface area contributed by atoms with Gasteiger partial charge in [0.05, 0.1) is 17.9 Å². The topological polar surface area (TPSA) is 97.6 Å². The van der Waals surface area contributed by atoms with Gasteiger partial charge in [-0.05, 0) is 69.4 Å². The van der Waals surface area contributed by atoms with Crippen molar-refractivity contribution in [3.05, 3.63) is 77.6 Å². The Bertz CT molecular complexity index is 1390. The molecule has 3 aromatic rings. The highest BCUT2D eigenvalue weighted by Gasteiger charge is 2.24. The average Bonchev–Trinajstić information content (AvgIpc) is 3.60. The van der Waals surface area contributed by atoms with E-state index in [0.29, 0.717) is 10.7 Å². The number of aliphatic imine (C=N–C) groups is 1. The number of methoxy groups -OCH3 is 1. The van der Waals surface area contributed by atoms with Crippen LogP contribution in [0.1, 0.15) is 56.0 Å². The lowest BCUT2D eigenvalue weighted by Gasteiger charge is -2.21. The van der Waals surface area contributed by atoms with Crippen LogP contribution in [-0.4, -0.2) is 47.3 Å². The van der Waals surface area contributed by atoms with Gasteiger partial charge in [-0.15, -0.1) is 11.3 Å². The van der Waals surface area contributed by atoms with Gasteiger partial charge in [-0.25, -0.2) is 4.98 Å². The van der Waals surface area contributed by atoms with E-state index in [1.807, 2.05) is 46.8 Å². The van der Waals surface area contributed by atoms with Crippen molar-refractivity contribution in [3.63, 3.8) is 0 Å². The summed E-state index contributed by atoms with van der Waals surface area (Å²) in [4.78, 5) is 34.9. The van der Waals surface area contributed by atoms with Gasteiger partial charge in [0.25, 0.3) is 11.8 Å². The molecule has 0 spiro atoms. The lowest BCUT2D eigenvalue weighted by molar-refractivity contribution is -0.119. The van der Waals surface area contributed by atoms with Gasteiger partial charge in [0.2, 0.25) is 0 Å². The molecule has 0 bridgehead atoms. The summed E-state index contributed by atoms with van der Waals surface area (Å²) in [6.45, 7) is 6.19. The molecule has 3 heterocycles. The van der Waals surface area contributed by atoms with Gasteiger partial charge in [-0.2, -0.15) is 0 Å². The molecule has 4 rings (SSSR count). The molecular weight excluding hydrogens is 510 g/mol. The number of anilines is 1. The number of rotatable bonds is 8. The van der Waals surface area contributed by atoms with Crippen molar-refractivity contribution in [1.82, 2.24) is 14.9 Å². The van der Waals surface area contributed by atoms with E-state index in [4.69, 9.17) is 4.74 Å². The number of amides is 2. The Kier molecular flexibility index (Phi) is 9.27. The molecule has 39 heavy (non-hydrogen) atoms. The Morgan fingerprint density at radius 2 is 2.00 bits per heavy atom. The minimum absolute atomic E-state index is 0.0322. The molecule has 2 N–H and O–H groups in total. The first kappa shape index (κ1) is 28.2. The number of benzene rings is 1. The van der Waals surface area contributed by atoms with Crippen LogP contribution in [-0.2, 0) is 15.1 Å². The second-order valence-corrected chi connectivity index (χ2v) is 11.2. The fourth-order valence-corrected chi connectivity index (χ4v) is 4.78. The lowest BCUT2D eigenvalue weighted by atomic mass is 10.0. The van der Waals surface area contributed by atoms with Crippen molar-refractivity contribution in [3.8, 4) is 11.3 Å². The summed E-state index contributed by atoms with van der Waals surface area (Å²) in [7, 11) is 1.49. The van der Waals surface area contributed by atoms with E-state index in [1.165, 1.54) is 18.4 Å². The molecule has 0 unspecified atom stereocenters. The molecule has 0 saturated heterocycles. The van der Waals surface area contributed by atoms with Crippen LogP contribution in [0.25, 0.3) is 16.8 Å². The van der Waals surface area contributed by atoms with Crippen LogP contribution >= 0.6 is 11.3 Å². The zero-order valence-corrected chi connectivity index (χ0v) is 23.6. The molecule has 1 aliphatic heterocycles. The predicted molar refractivity (Wildman–Crippen MR) is 158 cm³/mol. The molecular formula is C30H35N5O3S. The molecule has 1 aromatic carbocycles. The summed E-state index contributed by atoms with van der Waals surface area (Å²) in [6, 6.07) is 9.03. The monoisotopic (exact) mass is 545 g/mol. The van der Waals surface area contributed by atoms with Crippen LogP contribution in [0.5, 0.6) is 0 Å². The molecule has 2 amide bonds. The molecule has 1 aliphatic rings. The molecule has 1 atom stereocenters. The molecule has 2 aromatic heterocycles. The van der Waals surface area contributed by atoms with Gasteiger partial charge >= 0.3 is 0 Å². The van der Waals surface area contributed by atoms with E-state index < -0.39 is 11.9 Å². The van der Waals surface area contributed by atoms with Crippen LogP contribution in [0.3, 0.4) is 0 Å². The third kappa shape index (κ3) is 7.61. The van der Waals surface area contributed by atoms with Crippen LogP contribution in [0, 0.1) is 0 Å². The van der Waals surface area contributed by atoms with E-state index in [9.17, 15) is 9.59 Å². The summed E-state index contributed by atoms with van der Waals surface area (Å²) in [5.41, 5.74) is 4.25. The number of aromatic nitrogens is 2. The number of nitrogens with one attached hydrogen (secondary N) is 2. The molecule has 0 radical (unpaired) electrons. The van der Waals surface area contributed by atoms with E-state index >= 15 is 0 Å². The minimum Gasteiger partial charge on any atom is -0.382 e. The first-order valence-electron chi connectivity index (χ1n) is 13.0. The third-order valence-corrected chi connectivity index (χ3v) is 7.02. The largest absolute Gasteiger partial charge is 0.382 e. The first-order chi connectivity index (χ1) is 18.7. The average molecular weight is 546 g/mol. The molecule has 9 heteroatoms. The van der Waals surface area contributed by atoms with Crippen molar-refractivity contribution in [1.29, 1.82) is 0 Å². The number of hydrogen-bond donors (Lipinski definition) is 2. The van der Waals surface area contributed by atoms with Crippen molar-refractivity contribution in [2.45, 2.75) is 51.6 Å². The van der Waals surface area contributed by atoms with Gasteiger partial charge < -0.3 is 19.9 Å². The second-order valence-electron chi connectivity index (χ2n) is 10.3.